The van der Waals surface area contributed by atoms with E-state index in [0.29, 0.717) is 11.4 Å². The van der Waals surface area contributed by atoms with Gasteiger partial charge in [0, 0.05) is 11.3 Å². The van der Waals surface area contributed by atoms with Crippen molar-refractivity contribution >= 4 is 5.97 Å². The summed E-state index contributed by atoms with van der Waals surface area (Å²) in [5.41, 5.74) is 3.40. The van der Waals surface area contributed by atoms with Gasteiger partial charge < -0.3 is 5.11 Å². The minimum Gasteiger partial charge on any atom is -0.478 e. The van der Waals surface area contributed by atoms with Crippen molar-refractivity contribution in [2.45, 2.75) is 33.1 Å². The number of aromatic nitrogens is 2. The average Bonchev–Trinajstić information content (AvgIpc) is 2.70. The fourth-order valence-corrected chi connectivity index (χ4v) is 2.03. The van der Waals surface area contributed by atoms with Gasteiger partial charge in [-0.25, -0.2) is 4.79 Å². The summed E-state index contributed by atoms with van der Waals surface area (Å²) >= 11 is 0. The van der Waals surface area contributed by atoms with Crippen LogP contribution in [0.1, 0.15) is 42.4 Å². The third-order valence-corrected chi connectivity index (χ3v) is 3.19. The number of carboxylic acids is 1. The van der Waals surface area contributed by atoms with Crippen LogP contribution in [0.2, 0.25) is 0 Å². The van der Waals surface area contributed by atoms with Crippen molar-refractivity contribution in [3.8, 4) is 11.3 Å². The Morgan fingerprint density at radius 3 is 2.26 bits per heavy atom. The number of aryl methyl sites for hydroxylation is 1. The first-order chi connectivity index (χ1) is 8.80. The Kier molecular flexibility index (Phi) is 3.18. The van der Waals surface area contributed by atoms with E-state index in [0.717, 1.165) is 5.56 Å². The fourth-order valence-electron chi connectivity index (χ4n) is 2.03. The summed E-state index contributed by atoms with van der Waals surface area (Å²) in [4.78, 5) is 11.2. The van der Waals surface area contributed by atoms with E-state index in [1.165, 1.54) is 5.56 Å². The van der Waals surface area contributed by atoms with Gasteiger partial charge in [0.05, 0.1) is 0 Å². The second-order valence-corrected chi connectivity index (χ2v) is 5.70. The SMILES string of the molecule is Cc1[nH]nc(-c2ccc(C(C)(C)C)cc2)c1C(=O)O. The van der Waals surface area contributed by atoms with Crippen molar-refractivity contribution < 1.29 is 9.90 Å². The number of benzene rings is 1. The summed E-state index contributed by atoms with van der Waals surface area (Å²) in [7, 11) is 0. The van der Waals surface area contributed by atoms with Gasteiger partial charge in [0.25, 0.3) is 0 Å². The molecule has 0 radical (unpaired) electrons. The third-order valence-electron chi connectivity index (χ3n) is 3.19. The summed E-state index contributed by atoms with van der Waals surface area (Å²) in [5.74, 6) is -0.957. The lowest BCUT2D eigenvalue weighted by molar-refractivity contribution is 0.0697. The minimum atomic E-state index is -0.957. The predicted molar refractivity (Wildman–Crippen MR) is 74.4 cm³/mol. The molecular formula is C15H18N2O2. The van der Waals surface area contributed by atoms with Gasteiger partial charge in [-0.05, 0) is 17.9 Å². The van der Waals surface area contributed by atoms with E-state index in [9.17, 15) is 9.90 Å². The Bertz CT molecular complexity index is 604. The highest BCUT2D eigenvalue weighted by Gasteiger charge is 2.19. The van der Waals surface area contributed by atoms with Crippen molar-refractivity contribution in [3.05, 3.63) is 41.1 Å². The van der Waals surface area contributed by atoms with Crippen LogP contribution in [0.4, 0.5) is 0 Å². The molecule has 0 aliphatic heterocycles. The molecule has 0 bridgehead atoms. The van der Waals surface area contributed by atoms with Gasteiger partial charge in [-0.3, -0.25) is 5.10 Å². The van der Waals surface area contributed by atoms with Crippen LogP contribution >= 0.6 is 0 Å². The average molecular weight is 258 g/mol. The molecule has 0 aliphatic carbocycles. The molecule has 0 atom stereocenters. The molecule has 19 heavy (non-hydrogen) atoms. The number of nitrogens with one attached hydrogen (secondary N) is 1. The van der Waals surface area contributed by atoms with Crippen LogP contribution in [0.5, 0.6) is 0 Å². The number of carboxylic acid groups (broad SMARTS) is 1. The lowest BCUT2D eigenvalue weighted by Gasteiger charge is -2.19. The molecule has 0 spiro atoms. The summed E-state index contributed by atoms with van der Waals surface area (Å²) in [6.45, 7) is 8.14. The van der Waals surface area contributed by atoms with Crippen molar-refractivity contribution in [1.82, 2.24) is 10.2 Å². The van der Waals surface area contributed by atoms with E-state index < -0.39 is 5.97 Å². The summed E-state index contributed by atoms with van der Waals surface area (Å²) in [6, 6.07) is 7.88. The molecule has 2 aromatic rings. The van der Waals surface area contributed by atoms with Gasteiger partial charge in [-0.2, -0.15) is 5.10 Å². The minimum absolute atomic E-state index is 0.0790. The van der Waals surface area contributed by atoms with Crippen LogP contribution in [0.15, 0.2) is 24.3 Å². The molecule has 0 amide bonds. The van der Waals surface area contributed by atoms with Crippen LogP contribution in [0.3, 0.4) is 0 Å². The van der Waals surface area contributed by atoms with Gasteiger partial charge in [0.15, 0.2) is 0 Å². The van der Waals surface area contributed by atoms with Crippen molar-refractivity contribution in [3.63, 3.8) is 0 Å². The largest absolute Gasteiger partial charge is 0.478 e. The number of hydrogen-bond donors (Lipinski definition) is 2. The Morgan fingerprint density at radius 1 is 1.21 bits per heavy atom. The van der Waals surface area contributed by atoms with Crippen molar-refractivity contribution in [2.24, 2.45) is 0 Å². The highest BCUT2D eigenvalue weighted by molar-refractivity contribution is 5.96. The number of H-pyrrole nitrogens is 1. The third kappa shape index (κ3) is 2.52. The molecular weight excluding hydrogens is 240 g/mol. The molecule has 0 aliphatic rings. The van der Waals surface area contributed by atoms with E-state index in [1.54, 1.807) is 6.92 Å². The van der Waals surface area contributed by atoms with Crippen LogP contribution in [0, 0.1) is 6.92 Å². The van der Waals surface area contributed by atoms with Crippen LogP contribution in [0.25, 0.3) is 11.3 Å². The molecule has 0 saturated carbocycles. The zero-order valence-electron chi connectivity index (χ0n) is 11.6. The van der Waals surface area contributed by atoms with Crippen LogP contribution in [-0.4, -0.2) is 21.3 Å². The molecule has 4 heteroatoms. The normalized spacial score (nSPS) is 11.6. The molecule has 1 heterocycles. The fraction of sp³-hybridized carbons (Fsp3) is 0.333. The van der Waals surface area contributed by atoms with E-state index in [1.807, 2.05) is 24.3 Å². The number of aromatic amines is 1. The Labute approximate surface area is 112 Å². The van der Waals surface area contributed by atoms with E-state index in [4.69, 9.17) is 0 Å². The Balaban J connectivity index is 2.46. The molecule has 2 N–H and O–H groups in total. The van der Waals surface area contributed by atoms with Crippen molar-refractivity contribution in [2.75, 3.05) is 0 Å². The molecule has 0 fully saturated rings. The number of aromatic carboxylic acids is 1. The highest BCUT2D eigenvalue weighted by atomic mass is 16.4. The molecule has 0 saturated heterocycles. The zero-order valence-corrected chi connectivity index (χ0v) is 11.6. The quantitative estimate of drug-likeness (QED) is 0.867. The molecule has 0 unspecified atom stereocenters. The summed E-state index contributed by atoms with van der Waals surface area (Å²) in [6.07, 6.45) is 0. The second-order valence-electron chi connectivity index (χ2n) is 5.70. The van der Waals surface area contributed by atoms with E-state index in [2.05, 4.69) is 31.0 Å². The van der Waals surface area contributed by atoms with Crippen LogP contribution < -0.4 is 0 Å². The van der Waals surface area contributed by atoms with Crippen molar-refractivity contribution in [1.29, 1.82) is 0 Å². The monoisotopic (exact) mass is 258 g/mol. The maximum Gasteiger partial charge on any atom is 0.339 e. The number of rotatable bonds is 2. The Hall–Kier alpha value is -2.10. The maximum atomic E-state index is 11.2. The molecule has 1 aromatic heterocycles. The first-order valence-corrected chi connectivity index (χ1v) is 6.20. The van der Waals surface area contributed by atoms with Gasteiger partial charge in [0.1, 0.15) is 11.3 Å². The first-order valence-electron chi connectivity index (χ1n) is 6.20. The lowest BCUT2D eigenvalue weighted by atomic mass is 9.86. The standard InChI is InChI=1S/C15H18N2O2/c1-9-12(14(18)19)13(17-16-9)10-5-7-11(8-6-10)15(2,3)4/h5-8H,1-4H3,(H,16,17)(H,18,19). The topological polar surface area (TPSA) is 66.0 Å². The van der Waals surface area contributed by atoms with Gasteiger partial charge >= 0.3 is 5.97 Å². The van der Waals surface area contributed by atoms with E-state index >= 15 is 0 Å². The first kappa shape index (κ1) is 13.3. The lowest BCUT2D eigenvalue weighted by Crippen LogP contribution is -2.10. The Morgan fingerprint density at radius 2 is 1.79 bits per heavy atom. The van der Waals surface area contributed by atoms with E-state index in [-0.39, 0.29) is 11.0 Å². The molecule has 4 nitrogen and oxygen atoms in total. The predicted octanol–water partition coefficient (Wildman–Crippen LogP) is 3.38. The summed E-state index contributed by atoms with van der Waals surface area (Å²) < 4.78 is 0. The number of carbonyl (C=O) groups is 1. The molecule has 100 valence electrons. The molecule has 1 aromatic carbocycles. The van der Waals surface area contributed by atoms with Crippen LogP contribution in [-0.2, 0) is 5.41 Å². The zero-order chi connectivity index (χ0) is 14.2. The highest BCUT2D eigenvalue weighted by Crippen LogP contribution is 2.27. The smallest absolute Gasteiger partial charge is 0.339 e. The second kappa shape index (κ2) is 4.53. The van der Waals surface area contributed by atoms with Gasteiger partial charge in [-0.1, -0.05) is 45.0 Å². The van der Waals surface area contributed by atoms with Gasteiger partial charge in [-0.15, -0.1) is 0 Å². The number of nitrogens with zero attached hydrogens (tertiary/aromatic N) is 1. The molecule has 2 rings (SSSR count). The maximum absolute atomic E-state index is 11.2. The summed E-state index contributed by atoms with van der Waals surface area (Å²) in [5, 5.41) is 16.0. The van der Waals surface area contributed by atoms with Gasteiger partial charge in [0.2, 0.25) is 0 Å². The number of hydrogen-bond acceptors (Lipinski definition) is 2.